The van der Waals surface area contributed by atoms with Gasteiger partial charge in [-0.15, -0.1) is 0 Å². The lowest BCUT2D eigenvalue weighted by Crippen LogP contribution is -2.51. The molecule has 8 nitrogen and oxygen atoms in total. The Bertz CT molecular complexity index is 1440. The molecular weight excluding hydrogens is 523 g/mol. The Balaban J connectivity index is 1.15. The SMILES string of the molecule is COc1ccc([C@@H](C)NC2COCC23CCN(c2cnc4c(-c5cccc(Cl)c5Cl)[nH]nc4n2)CC3)cc1. The van der Waals surface area contributed by atoms with Gasteiger partial charge < -0.3 is 19.7 Å². The van der Waals surface area contributed by atoms with Crippen LogP contribution in [0, 0.1) is 5.41 Å². The minimum Gasteiger partial charge on any atom is -0.497 e. The number of halogens is 2. The van der Waals surface area contributed by atoms with Crippen LogP contribution in [-0.2, 0) is 4.74 Å². The number of hydrogen-bond donors (Lipinski definition) is 2. The van der Waals surface area contributed by atoms with Crippen molar-refractivity contribution in [1.29, 1.82) is 0 Å². The summed E-state index contributed by atoms with van der Waals surface area (Å²) < 4.78 is 11.3. The fourth-order valence-electron chi connectivity index (χ4n) is 5.67. The smallest absolute Gasteiger partial charge is 0.202 e. The van der Waals surface area contributed by atoms with E-state index in [4.69, 9.17) is 42.6 Å². The van der Waals surface area contributed by atoms with Crippen LogP contribution >= 0.6 is 23.2 Å². The van der Waals surface area contributed by atoms with E-state index in [1.807, 2.05) is 30.5 Å². The van der Waals surface area contributed by atoms with E-state index in [9.17, 15) is 0 Å². The zero-order chi connectivity index (χ0) is 26.3. The lowest BCUT2D eigenvalue weighted by Gasteiger charge is -2.43. The monoisotopic (exact) mass is 552 g/mol. The van der Waals surface area contributed by atoms with Gasteiger partial charge in [0.2, 0.25) is 5.65 Å². The van der Waals surface area contributed by atoms with Gasteiger partial charge in [-0.25, -0.2) is 9.97 Å². The second kappa shape index (κ2) is 10.3. The van der Waals surface area contributed by atoms with E-state index in [-0.39, 0.29) is 11.5 Å². The van der Waals surface area contributed by atoms with Crippen molar-refractivity contribution in [1.82, 2.24) is 25.5 Å². The molecule has 1 unspecified atom stereocenters. The van der Waals surface area contributed by atoms with Crippen LogP contribution in [0.3, 0.4) is 0 Å². The van der Waals surface area contributed by atoms with Gasteiger partial charge in [-0.05, 0) is 43.5 Å². The summed E-state index contributed by atoms with van der Waals surface area (Å²) >= 11 is 12.6. The molecule has 4 aromatic rings. The Hall–Kier alpha value is -2.91. The molecule has 6 rings (SSSR count). The molecule has 0 radical (unpaired) electrons. The molecule has 2 fully saturated rings. The van der Waals surface area contributed by atoms with Crippen molar-refractivity contribution < 1.29 is 9.47 Å². The van der Waals surface area contributed by atoms with Crippen molar-refractivity contribution in [2.24, 2.45) is 5.41 Å². The molecule has 198 valence electrons. The fourth-order valence-corrected chi connectivity index (χ4v) is 6.07. The maximum absolute atomic E-state index is 6.43. The second-order valence-corrected chi connectivity index (χ2v) is 11.0. The topological polar surface area (TPSA) is 88.2 Å². The highest BCUT2D eigenvalue weighted by Gasteiger charge is 2.46. The van der Waals surface area contributed by atoms with Crippen molar-refractivity contribution in [3.8, 4) is 17.0 Å². The van der Waals surface area contributed by atoms with Gasteiger partial charge in [0.25, 0.3) is 0 Å². The summed E-state index contributed by atoms with van der Waals surface area (Å²) in [6.07, 6.45) is 3.86. The van der Waals surface area contributed by atoms with Gasteiger partial charge >= 0.3 is 0 Å². The van der Waals surface area contributed by atoms with Gasteiger partial charge in [0.1, 0.15) is 17.1 Å². The van der Waals surface area contributed by atoms with E-state index >= 15 is 0 Å². The average Bonchev–Trinajstić information content (AvgIpc) is 3.54. The number of piperidine rings is 1. The Kier molecular flexibility index (Phi) is 6.90. The van der Waals surface area contributed by atoms with Crippen molar-refractivity contribution in [3.63, 3.8) is 0 Å². The number of anilines is 1. The number of aromatic amines is 1. The van der Waals surface area contributed by atoms with Crippen LogP contribution < -0.4 is 15.0 Å². The first-order chi connectivity index (χ1) is 18.5. The van der Waals surface area contributed by atoms with Crippen molar-refractivity contribution in [2.75, 3.05) is 38.3 Å². The van der Waals surface area contributed by atoms with Crippen LogP contribution in [0.5, 0.6) is 5.75 Å². The minimum absolute atomic E-state index is 0.109. The van der Waals surface area contributed by atoms with E-state index in [1.165, 1.54) is 5.56 Å². The Morgan fingerprint density at radius 1 is 1.16 bits per heavy atom. The number of methoxy groups -OCH3 is 1. The van der Waals surface area contributed by atoms with Crippen LogP contribution in [0.2, 0.25) is 10.0 Å². The van der Waals surface area contributed by atoms with E-state index in [2.05, 4.69) is 39.5 Å². The summed E-state index contributed by atoms with van der Waals surface area (Å²) in [5.41, 5.74) is 4.06. The lowest BCUT2D eigenvalue weighted by atomic mass is 9.74. The third-order valence-corrected chi connectivity index (χ3v) is 8.86. The predicted molar refractivity (Wildman–Crippen MR) is 150 cm³/mol. The molecule has 2 atom stereocenters. The molecule has 38 heavy (non-hydrogen) atoms. The number of nitrogens with zero attached hydrogens (tertiary/aromatic N) is 4. The Morgan fingerprint density at radius 3 is 2.71 bits per heavy atom. The molecule has 0 saturated carbocycles. The van der Waals surface area contributed by atoms with Crippen molar-refractivity contribution in [2.45, 2.75) is 31.8 Å². The normalized spacial score (nSPS) is 19.8. The van der Waals surface area contributed by atoms with Gasteiger partial charge in [-0.3, -0.25) is 5.10 Å². The maximum Gasteiger partial charge on any atom is 0.202 e. The van der Waals surface area contributed by atoms with Crippen molar-refractivity contribution in [3.05, 3.63) is 64.3 Å². The standard InChI is InChI=1S/C28H30Cl2N6O2/c1-17(18-6-8-19(37-2)9-7-18)32-22-15-38-16-28(22)10-12-36(13-11-28)23-14-31-26-25(34-35-27(26)33-23)20-4-3-5-21(29)24(20)30/h3-9,14,17,22,32H,10-13,15-16H2,1-2H3,(H,33,34,35)/t17-,22?/m1/s1. The summed E-state index contributed by atoms with van der Waals surface area (Å²) in [7, 11) is 1.69. The molecule has 2 aliphatic heterocycles. The van der Waals surface area contributed by atoms with Gasteiger partial charge in [0.15, 0.2) is 0 Å². The number of fused-ring (bicyclic) bond motifs is 1. The summed E-state index contributed by atoms with van der Waals surface area (Å²) in [5.74, 6) is 1.70. The lowest BCUT2D eigenvalue weighted by molar-refractivity contribution is 0.128. The molecule has 0 bridgehead atoms. The van der Waals surface area contributed by atoms with E-state index < -0.39 is 0 Å². The molecule has 2 N–H and O–H groups in total. The second-order valence-electron chi connectivity index (χ2n) is 10.2. The molecule has 4 heterocycles. The van der Waals surface area contributed by atoms with E-state index in [1.54, 1.807) is 13.2 Å². The molecule has 2 saturated heterocycles. The maximum atomic E-state index is 6.43. The third kappa shape index (κ3) is 4.60. The summed E-state index contributed by atoms with van der Waals surface area (Å²) in [4.78, 5) is 11.8. The zero-order valence-electron chi connectivity index (χ0n) is 21.4. The van der Waals surface area contributed by atoms with Crippen LogP contribution in [0.15, 0.2) is 48.7 Å². The molecule has 0 amide bonds. The molecular formula is C28H30Cl2N6O2. The number of benzene rings is 2. The predicted octanol–water partition coefficient (Wildman–Crippen LogP) is 5.67. The molecule has 2 aromatic heterocycles. The third-order valence-electron chi connectivity index (χ3n) is 8.04. The number of rotatable bonds is 6. The molecule has 1 spiro atoms. The van der Waals surface area contributed by atoms with E-state index in [0.29, 0.717) is 32.9 Å². The minimum atomic E-state index is 0.109. The molecule has 0 aliphatic carbocycles. The zero-order valence-corrected chi connectivity index (χ0v) is 22.9. The summed E-state index contributed by atoms with van der Waals surface area (Å²) in [6, 6.07) is 14.3. The van der Waals surface area contributed by atoms with Crippen LogP contribution in [0.4, 0.5) is 5.82 Å². The number of ether oxygens (including phenoxy) is 2. The highest BCUT2D eigenvalue weighted by molar-refractivity contribution is 6.43. The number of H-pyrrole nitrogens is 1. The molecule has 2 aromatic carbocycles. The summed E-state index contributed by atoms with van der Waals surface area (Å²) in [5, 5.41) is 12.3. The van der Waals surface area contributed by atoms with Crippen molar-refractivity contribution >= 4 is 40.2 Å². The number of hydrogen-bond acceptors (Lipinski definition) is 7. The Morgan fingerprint density at radius 2 is 1.95 bits per heavy atom. The average molecular weight is 553 g/mol. The van der Waals surface area contributed by atoms with Gasteiger partial charge in [-0.2, -0.15) is 5.10 Å². The summed E-state index contributed by atoms with van der Waals surface area (Å²) in [6.45, 7) is 5.49. The number of nitrogens with one attached hydrogen (secondary N) is 2. The fraction of sp³-hybridized carbons (Fsp3) is 0.393. The van der Waals surface area contributed by atoms with Gasteiger partial charge in [-0.1, -0.05) is 47.5 Å². The first-order valence-electron chi connectivity index (χ1n) is 12.9. The molecule has 10 heteroatoms. The number of aromatic nitrogens is 4. The quantitative estimate of drug-likeness (QED) is 0.318. The van der Waals surface area contributed by atoms with Gasteiger partial charge in [0.05, 0.1) is 42.3 Å². The first kappa shape index (κ1) is 25.4. The highest BCUT2D eigenvalue weighted by Crippen LogP contribution is 2.41. The van der Waals surface area contributed by atoms with Crippen LogP contribution in [-0.4, -0.2) is 59.6 Å². The van der Waals surface area contributed by atoms with E-state index in [0.717, 1.165) is 56.3 Å². The van der Waals surface area contributed by atoms with Crippen LogP contribution in [0.25, 0.3) is 22.4 Å². The largest absolute Gasteiger partial charge is 0.497 e. The Labute approximate surface area is 231 Å². The molecule has 2 aliphatic rings. The highest BCUT2D eigenvalue weighted by atomic mass is 35.5. The first-order valence-corrected chi connectivity index (χ1v) is 13.6. The van der Waals surface area contributed by atoms with Crippen LogP contribution in [0.1, 0.15) is 31.4 Å². The van der Waals surface area contributed by atoms with Gasteiger partial charge in [0, 0.05) is 36.2 Å².